The summed E-state index contributed by atoms with van der Waals surface area (Å²) in [5, 5.41) is 2.72. The smallest absolute Gasteiger partial charge is 0.265 e. The summed E-state index contributed by atoms with van der Waals surface area (Å²) in [5.41, 5.74) is 1.88. The van der Waals surface area contributed by atoms with E-state index in [0.29, 0.717) is 22.9 Å². The Labute approximate surface area is 182 Å². The number of aryl methyl sites for hydroxylation is 1. The quantitative estimate of drug-likeness (QED) is 0.547. The van der Waals surface area contributed by atoms with Crippen LogP contribution in [0.5, 0.6) is 11.5 Å². The van der Waals surface area contributed by atoms with E-state index >= 15 is 0 Å². The zero-order valence-electron chi connectivity index (χ0n) is 17.5. The lowest BCUT2D eigenvalue weighted by molar-refractivity contribution is -0.122. The zero-order valence-corrected chi connectivity index (χ0v) is 18.3. The van der Waals surface area contributed by atoms with Crippen molar-refractivity contribution in [1.29, 1.82) is 0 Å². The minimum Gasteiger partial charge on any atom is -0.497 e. The van der Waals surface area contributed by atoms with Crippen LogP contribution in [0.4, 0.5) is 11.4 Å². The molecular formula is C23H24N2O5S. The largest absolute Gasteiger partial charge is 0.497 e. The Morgan fingerprint density at radius 3 is 2.26 bits per heavy atom. The SMILES string of the molecule is COc1cccc(NS(=O)(=O)c2ccc(NC(=O)C(C)Oc3cccc(C)c3)cc2)c1. The Kier molecular flexibility index (Phi) is 6.81. The Morgan fingerprint density at radius 1 is 0.903 bits per heavy atom. The Hall–Kier alpha value is -3.52. The maximum atomic E-state index is 12.6. The second kappa shape index (κ2) is 9.53. The van der Waals surface area contributed by atoms with E-state index in [4.69, 9.17) is 9.47 Å². The van der Waals surface area contributed by atoms with Crippen LogP contribution in [0.1, 0.15) is 12.5 Å². The molecule has 0 saturated heterocycles. The Bertz CT molecular complexity index is 1160. The predicted octanol–water partition coefficient (Wildman–Crippen LogP) is 4.21. The fourth-order valence-electron chi connectivity index (χ4n) is 2.81. The lowest BCUT2D eigenvalue weighted by Crippen LogP contribution is -2.30. The summed E-state index contributed by atoms with van der Waals surface area (Å²) in [4.78, 5) is 12.5. The van der Waals surface area contributed by atoms with Crippen molar-refractivity contribution in [3.63, 3.8) is 0 Å². The van der Waals surface area contributed by atoms with Gasteiger partial charge in [0.1, 0.15) is 11.5 Å². The highest BCUT2D eigenvalue weighted by atomic mass is 32.2. The van der Waals surface area contributed by atoms with E-state index in [0.717, 1.165) is 5.56 Å². The number of anilines is 2. The number of sulfonamides is 1. The van der Waals surface area contributed by atoms with Gasteiger partial charge in [0.05, 0.1) is 17.7 Å². The van der Waals surface area contributed by atoms with E-state index in [1.807, 2.05) is 25.1 Å². The molecule has 0 spiro atoms. The number of hydrogen-bond acceptors (Lipinski definition) is 5. The number of nitrogens with one attached hydrogen (secondary N) is 2. The van der Waals surface area contributed by atoms with Crippen LogP contribution in [0.2, 0.25) is 0 Å². The van der Waals surface area contributed by atoms with Gasteiger partial charge in [0, 0.05) is 11.8 Å². The minimum absolute atomic E-state index is 0.0670. The highest BCUT2D eigenvalue weighted by Gasteiger charge is 2.17. The van der Waals surface area contributed by atoms with Crippen molar-refractivity contribution in [3.8, 4) is 11.5 Å². The molecule has 1 unspecified atom stereocenters. The number of rotatable bonds is 8. The molecule has 0 aromatic heterocycles. The van der Waals surface area contributed by atoms with Gasteiger partial charge in [-0.25, -0.2) is 8.42 Å². The summed E-state index contributed by atoms with van der Waals surface area (Å²) in [6, 6.07) is 19.9. The summed E-state index contributed by atoms with van der Waals surface area (Å²) in [6.45, 7) is 3.59. The molecule has 162 valence electrons. The molecule has 2 N–H and O–H groups in total. The second-order valence-corrected chi connectivity index (χ2v) is 8.61. The van der Waals surface area contributed by atoms with Gasteiger partial charge in [-0.1, -0.05) is 18.2 Å². The Morgan fingerprint density at radius 2 is 1.58 bits per heavy atom. The number of benzene rings is 3. The monoisotopic (exact) mass is 440 g/mol. The number of ether oxygens (including phenoxy) is 2. The normalized spacial score (nSPS) is 12.0. The van der Waals surface area contributed by atoms with Gasteiger partial charge in [-0.2, -0.15) is 0 Å². The van der Waals surface area contributed by atoms with Crippen LogP contribution in [0.3, 0.4) is 0 Å². The molecule has 3 aromatic carbocycles. The van der Waals surface area contributed by atoms with Crippen molar-refractivity contribution >= 4 is 27.3 Å². The number of carbonyl (C=O) groups is 1. The van der Waals surface area contributed by atoms with E-state index in [1.165, 1.54) is 31.4 Å². The van der Waals surface area contributed by atoms with Gasteiger partial charge >= 0.3 is 0 Å². The van der Waals surface area contributed by atoms with Crippen molar-refractivity contribution in [3.05, 3.63) is 78.4 Å². The lowest BCUT2D eigenvalue weighted by Gasteiger charge is -2.15. The van der Waals surface area contributed by atoms with Crippen molar-refractivity contribution in [1.82, 2.24) is 0 Å². The number of methoxy groups -OCH3 is 1. The predicted molar refractivity (Wildman–Crippen MR) is 120 cm³/mol. The molecule has 0 saturated carbocycles. The molecule has 0 aliphatic carbocycles. The highest BCUT2D eigenvalue weighted by Crippen LogP contribution is 2.22. The number of hydrogen-bond donors (Lipinski definition) is 2. The molecule has 31 heavy (non-hydrogen) atoms. The standard InChI is InChI=1S/C23H24N2O5S/c1-16-6-4-9-21(14-16)30-17(2)23(26)24-18-10-12-22(13-11-18)31(27,28)25-19-7-5-8-20(15-19)29-3/h4-15,17,25H,1-3H3,(H,24,26). The van der Waals surface area contributed by atoms with Gasteiger partial charge in [0.2, 0.25) is 0 Å². The fraction of sp³-hybridized carbons (Fsp3) is 0.174. The molecule has 0 aliphatic heterocycles. The van der Waals surface area contributed by atoms with Crippen LogP contribution < -0.4 is 19.5 Å². The van der Waals surface area contributed by atoms with Crippen molar-refractivity contribution in [2.24, 2.45) is 0 Å². The molecule has 3 aromatic rings. The van der Waals surface area contributed by atoms with E-state index in [-0.39, 0.29) is 10.8 Å². The van der Waals surface area contributed by atoms with Crippen LogP contribution in [0.25, 0.3) is 0 Å². The third-order valence-electron chi connectivity index (χ3n) is 4.43. The van der Waals surface area contributed by atoms with E-state index < -0.39 is 16.1 Å². The molecule has 1 amide bonds. The molecule has 0 aliphatic rings. The van der Waals surface area contributed by atoms with Crippen LogP contribution in [-0.2, 0) is 14.8 Å². The first-order valence-electron chi connectivity index (χ1n) is 9.58. The van der Waals surface area contributed by atoms with Crippen molar-refractivity contribution in [2.75, 3.05) is 17.1 Å². The summed E-state index contributed by atoms with van der Waals surface area (Å²) >= 11 is 0. The molecule has 7 nitrogen and oxygen atoms in total. The molecule has 3 rings (SSSR count). The fourth-order valence-corrected chi connectivity index (χ4v) is 3.86. The van der Waals surface area contributed by atoms with Crippen molar-refractivity contribution in [2.45, 2.75) is 24.8 Å². The molecule has 0 bridgehead atoms. The second-order valence-electron chi connectivity index (χ2n) is 6.93. The Balaban J connectivity index is 1.64. The first-order chi connectivity index (χ1) is 14.8. The summed E-state index contributed by atoms with van der Waals surface area (Å²) in [6.07, 6.45) is -0.722. The summed E-state index contributed by atoms with van der Waals surface area (Å²) < 4.78 is 38.5. The van der Waals surface area contributed by atoms with Crippen LogP contribution in [-0.4, -0.2) is 27.5 Å². The van der Waals surface area contributed by atoms with Gasteiger partial charge in [0.15, 0.2) is 6.10 Å². The summed E-state index contributed by atoms with van der Waals surface area (Å²) in [5.74, 6) is 0.805. The van der Waals surface area contributed by atoms with Crippen LogP contribution in [0.15, 0.2) is 77.7 Å². The maximum absolute atomic E-state index is 12.6. The first-order valence-corrected chi connectivity index (χ1v) is 11.1. The first kappa shape index (κ1) is 22.2. The summed E-state index contributed by atoms with van der Waals surface area (Å²) in [7, 11) is -2.28. The number of carbonyl (C=O) groups excluding carboxylic acids is 1. The molecule has 0 radical (unpaired) electrons. The van der Waals surface area contributed by atoms with Gasteiger partial charge < -0.3 is 14.8 Å². The van der Waals surface area contributed by atoms with Gasteiger partial charge in [0.25, 0.3) is 15.9 Å². The van der Waals surface area contributed by atoms with Crippen molar-refractivity contribution < 1.29 is 22.7 Å². The van der Waals surface area contributed by atoms with Gasteiger partial charge in [-0.05, 0) is 67.9 Å². The minimum atomic E-state index is -3.79. The third-order valence-corrected chi connectivity index (χ3v) is 5.82. The molecule has 0 heterocycles. The van der Waals surface area contributed by atoms with E-state index in [9.17, 15) is 13.2 Å². The lowest BCUT2D eigenvalue weighted by atomic mass is 10.2. The van der Waals surface area contributed by atoms with Crippen LogP contribution in [0, 0.1) is 6.92 Å². The molecule has 0 fully saturated rings. The number of amides is 1. The van der Waals surface area contributed by atoms with E-state index in [2.05, 4.69) is 10.0 Å². The average molecular weight is 441 g/mol. The molecule has 1 atom stereocenters. The van der Waals surface area contributed by atoms with E-state index in [1.54, 1.807) is 37.3 Å². The third kappa shape index (κ3) is 5.99. The van der Waals surface area contributed by atoms with Gasteiger partial charge in [-0.15, -0.1) is 0 Å². The van der Waals surface area contributed by atoms with Crippen LogP contribution >= 0.6 is 0 Å². The molecule has 8 heteroatoms. The topological polar surface area (TPSA) is 93.7 Å². The average Bonchev–Trinajstić information content (AvgIpc) is 2.74. The van der Waals surface area contributed by atoms with Gasteiger partial charge in [-0.3, -0.25) is 9.52 Å². The zero-order chi connectivity index (χ0) is 22.4. The molecular weight excluding hydrogens is 416 g/mol. The maximum Gasteiger partial charge on any atom is 0.265 e. The highest BCUT2D eigenvalue weighted by molar-refractivity contribution is 7.92.